The van der Waals surface area contributed by atoms with E-state index >= 15 is 0 Å². The number of carbonyl (C=O) groups excluding carboxylic acids is 1. The first kappa shape index (κ1) is 20.6. The topological polar surface area (TPSA) is 83.0 Å². The molecule has 0 saturated carbocycles. The van der Waals surface area contributed by atoms with Crippen molar-refractivity contribution in [2.75, 3.05) is 32.0 Å². The lowest BCUT2D eigenvalue weighted by molar-refractivity contribution is 0.0930. The van der Waals surface area contributed by atoms with Crippen LogP contribution in [-0.2, 0) is 0 Å². The van der Waals surface area contributed by atoms with Gasteiger partial charge in [0.25, 0.3) is 5.91 Å². The number of aromatic nitrogens is 3. The number of thiophene rings is 1. The number of nitrogens with one attached hydrogen (secondary N) is 2. The average Bonchev–Trinajstić information content (AvgIpc) is 3.05. The van der Waals surface area contributed by atoms with Crippen molar-refractivity contribution in [1.29, 1.82) is 0 Å². The first-order chi connectivity index (χ1) is 14.4. The second-order valence-electron chi connectivity index (χ2n) is 7.90. The molecule has 3 aromatic heterocycles. The summed E-state index contributed by atoms with van der Waals surface area (Å²) in [6.07, 6.45) is 3.72. The van der Waals surface area contributed by atoms with Gasteiger partial charge in [0, 0.05) is 30.7 Å². The molecule has 0 aromatic carbocycles. The highest BCUT2D eigenvalue weighted by atomic mass is 32.1. The van der Waals surface area contributed by atoms with Crippen LogP contribution in [0.2, 0.25) is 0 Å². The first-order valence-electron chi connectivity index (χ1n) is 10.0. The van der Waals surface area contributed by atoms with Gasteiger partial charge in [0.2, 0.25) is 5.95 Å². The Balaban J connectivity index is 1.52. The van der Waals surface area contributed by atoms with Crippen molar-refractivity contribution < 1.29 is 9.18 Å². The van der Waals surface area contributed by atoms with E-state index in [4.69, 9.17) is 0 Å². The Hall–Kier alpha value is -2.65. The zero-order chi connectivity index (χ0) is 21.3. The third kappa shape index (κ3) is 4.57. The molecule has 1 aliphatic heterocycles. The average molecular weight is 429 g/mol. The Morgan fingerprint density at radius 2 is 2.13 bits per heavy atom. The molecule has 0 aliphatic carbocycles. The van der Waals surface area contributed by atoms with Crippen LogP contribution >= 0.6 is 11.3 Å². The Morgan fingerprint density at radius 3 is 2.87 bits per heavy atom. The maximum atomic E-state index is 13.5. The van der Waals surface area contributed by atoms with E-state index in [9.17, 15) is 9.18 Å². The second-order valence-corrected chi connectivity index (χ2v) is 9.16. The molecule has 1 fully saturated rings. The summed E-state index contributed by atoms with van der Waals surface area (Å²) in [6, 6.07) is 3.10. The molecule has 0 spiro atoms. The van der Waals surface area contributed by atoms with Gasteiger partial charge in [-0.05, 0) is 50.9 Å². The van der Waals surface area contributed by atoms with E-state index in [0.717, 1.165) is 40.8 Å². The summed E-state index contributed by atoms with van der Waals surface area (Å²) in [7, 11) is 2.10. The van der Waals surface area contributed by atoms with Crippen molar-refractivity contribution in [3.05, 3.63) is 46.5 Å². The predicted molar refractivity (Wildman–Crippen MR) is 116 cm³/mol. The number of aryl methyl sites for hydroxylation is 1. The molecule has 3 aromatic rings. The van der Waals surface area contributed by atoms with Crippen LogP contribution in [0.15, 0.2) is 24.5 Å². The van der Waals surface area contributed by atoms with E-state index in [1.54, 1.807) is 6.20 Å². The number of nitrogens with zero attached hydrogens (tertiary/aromatic N) is 4. The van der Waals surface area contributed by atoms with Gasteiger partial charge in [0.15, 0.2) is 5.69 Å². The molecule has 0 radical (unpaired) electrons. The van der Waals surface area contributed by atoms with Crippen molar-refractivity contribution in [3.8, 4) is 0 Å². The summed E-state index contributed by atoms with van der Waals surface area (Å²) in [4.78, 5) is 29.2. The predicted octanol–water partition coefficient (Wildman–Crippen LogP) is 3.39. The third-order valence-corrected chi connectivity index (χ3v) is 6.31. The zero-order valence-corrected chi connectivity index (χ0v) is 18.1. The fourth-order valence-electron chi connectivity index (χ4n) is 3.69. The van der Waals surface area contributed by atoms with Gasteiger partial charge in [0.1, 0.15) is 5.82 Å². The number of carbonyl (C=O) groups is 1. The van der Waals surface area contributed by atoms with Crippen LogP contribution in [0.4, 0.5) is 10.3 Å². The van der Waals surface area contributed by atoms with E-state index in [2.05, 4.69) is 37.5 Å². The lowest BCUT2D eigenvalue weighted by Gasteiger charge is -2.36. The standard InChI is InChI=1S/C21H25FN6OS/c1-12-6-17-19(30-12)18(20(29)24-5-4-14-10-28(3)11-14)27-21(26-17)25-13(2)15-7-16(22)9-23-8-15/h6-9,13-14H,4-5,10-11H2,1-3H3,(H,24,29)(H,25,26,27). The Kier molecular flexibility index (Phi) is 5.92. The van der Waals surface area contributed by atoms with Gasteiger partial charge in [-0.2, -0.15) is 0 Å². The minimum Gasteiger partial charge on any atom is -0.351 e. The summed E-state index contributed by atoms with van der Waals surface area (Å²) >= 11 is 1.51. The van der Waals surface area contributed by atoms with Gasteiger partial charge < -0.3 is 15.5 Å². The van der Waals surface area contributed by atoms with Crippen LogP contribution in [0.3, 0.4) is 0 Å². The lowest BCUT2D eigenvalue weighted by atomic mass is 9.97. The molecule has 9 heteroatoms. The molecule has 1 saturated heterocycles. The van der Waals surface area contributed by atoms with Gasteiger partial charge in [-0.15, -0.1) is 11.3 Å². The molecule has 2 N–H and O–H groups in total. The molecule has 1 atom stereocenters. The smallest absolute Gasteiger partial charge is 0.271 e. The number of anilines is 1. The van der Waals surface area contributed by atoms with Crippen LogP contribution in [0.5, 0.6) is 0 Å². The van der Waals surface area contributed by atoms with Gasteiger partial charge >= 0.3 is 0 Å². The molecule has 1 aliphatic rings. The number of hydrogen-bond acceptors (Lipinski definition) is 7. The molecule has 1 unspecified atom stereocenters. The third-order valence-electron chi connectivity index (χ3n) is 5.26. The minimum absolute atomic E-state index is 0.194. The SMILES string of the molecule is Cc1cc2nc(NC(C)c3cncc(F)c3)nc(C(=O)NCCC3CN(C)C3)c2s1. The maximum Gasteiger partial charge on any atom is 0.271 e. The fourth-order valence-corrected chi connectivity index (χ4v) is 4.63. The fraction of sp³-hybridized carbons (Fsp3) is 0.429. The zero-order valence-electron chi connectivity index (χ0n) is 17.3. The molecule has 158 valence electrons. The van der Waals surface area contributed by atoms with Crippen molar-refractivity contribution >= 4 is 33.4 Å². The number of fused-ring (bicyclic) bond motifs is 1. The molecule has 30 heavy (non-hydrogen) atoms. The van der Waals surface area contributed by atoms with Crippen molar-refractivity contribution in [2.45, 2.75) is 26.3 Å². The minimum atomic E-state index is -0.399. The monoisotopic (exact) mass is 428 g/mol. The normalized spacial score (nSPS) is 15.7. The number of rotatable bonds is 7. The van der Waals surface area contributed by atoms with Crippen LogP contribution in [-0.4, -0.2) is 52.4 Å². The van der Waals surface area contributed by atoms with E-state index in [1.807, 2.05) is 19.9 Å². The highest BCUT2D eigenvalue weighted by molar-refractivity contribution is 7.19. The van der Waals surface area contributed by atoms with E-state index in [-0.39, 0.29) is 11.9 Å². The number of pyridine rings is 1. The summed E-state index contributed by atoms with van der Waals surface area (Å²) in [5, 5.41) is 6.18. The molecule has 0 bridgehead atoms. The quantitative estimate of drug-likeness (QED) is 0.600. The van der Waals surface area contributed by atoms with Crippen molar-refractivity contribution in [1.82, 2.24) is 25.2 Å². The van der Waals surface area contributed by atoms with Gasteiger partial charge in [0.05, 0.1) is 22.5 Å². The number of amides is 1. The maximum absolute atomic E-state index is 13.5. The largest absolute Gasteiger partial charge is 0.351 e. The molecule has 4 heterocycles. The first-order valence-corrected chi connectivity index (χ1v) is 10.8. The molecular formula is C21H25FN6OS. The molecular weight excluding hydrogens is 403 g/mol. The molecule has 7 nitrogen and oxygen atoms in total. The molecule has 4 rings (SSSR count). The Labute approximate surface area is 178 Å². The van der Waals surface area contributed by atoms with Gasteiger partial charge in [-0.1, -0.05) is 0 Å². The van der Waals surface area contributed by atoms with Gasteiger partial charge in [-0.3, -0.25) is 9.78 Å². The Morgan fingerprint density at radius 1 is 1.33 bits per heavy atom. The highest BCUT2D eigenvalue weighted by Crippen LogP contribution is 2.28. The van der Waals surface area contributed by atoms with E-state index < -0.39 is 5.82 Å². The van der Waals surface area contributed by atoms with Crippen LogP contribution in [0, 0.1) is 18.7 Å². The van der Waals surface area contributed by atoms with Crippen molar-refractivity contribution in [3.63, 3.8) is 0 Å². The lowest BCUT2D eigenvalue weighted by Crippen LogP contribution is -2.45. The molecule has 1 amide bonds. The van der Waals surface area contributed by atoms with E-state index in [0.29, 0.717) is 29.7 Å². The summed E-state index contributed by atoms with van der Waals surface area (Å²) in [5.74, 6) is 0.384. The summed E-state index contributed by atoms with van der Waals surface area (Å²) in [6.45, 7) is 6.64. The number of halogens is 1. The number of hydrogen-bond donors (Lipinski definition) is 2. The van der Waals surface area contributed by atoms with Crippen LogP contribution < -0.4 is 10.6 Å². The van der Waals surface area contributed by atoms with Crippen LogP contribution in [0.25, 0.3) is 10.2 Å². The van der Waals surface area contributed by atoms with Gasteiger partial charge in [-0.25, -0.2) is 14.4 Å². The number of likely N-dealkylation sites (tertiary alicyclic amines) is 1. The summed E-state index contributed by atoms with van der Waals surface area (Å²) < 4.78 is 14.3. The Bertz CT molecular complexity index is 1060. The van der Waals surface area contributed by atoms with E-state index in [1.165, 1.54) is 17.4 Å². The second kappa shape index (κ2) is 8.61. The van der Waals surface area contributed by atoms with Crippen LogP contribution in [0.1, 0.15) is 40.3 Å². The highest BCUT2D eigenvalue weighted by Gasteiger charge is 2.23. The summed E-state index contributed by atoms with van der Waals surface area (Å²) in [5.41, 5.74) is 1.78. The van der Waals surface area contributed by atoms with Crippen molar-refractivity contribution in [2.24, 2.45) is 5.92 Å².